The zero-order valence-corrected chi connectivity index (χ0v) is 18.3. The molecule has 1 fully saturated rings. The molecule has 1 aromatic carbocycles. The van der Waals surface area contributed by atoms with Gasteiger partial charge in [0, 0.05) is 37.2 Å². The maximum atomic E-state index is 13.8. The number of carbonyl (C=O) groups excluding carboxylic acids is 1. The fourth-order valence-corrected chi connectivity index (χ4v) is 3.53. The highest BCUT2D eigenvalue weighted by atomic mass is 19.4. The van der Waals surface area contributed by atoms with Gasteiger partial charge in [-0.1, -0.05) is 5.16 Å². The van der Waals surface area contributed by atoms with Crippen molar-refractivity contribution in [1.29, 1.82) is 0 Å². The summed E-state index contributed by atoms with van der Waals surface area (Å²) in [6.07, 6.45) is -3.56. The third-order valence-electron chi connectivity index (χ3n) is 5.19. The van der Waals surface area contributed by atoms with Gasteiger partial charge in [0.2, 0.25) is 5.88 Å². The van der Waals surface area contributed by atoms with Gasteiger partial charge in [0.05, 0.1) is 23.5 Å². The minimum absolute atomic E-state index is 0.0912. The van der Waals surface area contributed by atoms with Crippen molar-refractivity contribution in [2.45, 2.75) is 51.3 Å². The third kappa shape index (κ3) is 6.21. The van der Waals surface area contributed by atoms with E-state index in [1.165, 1.54) is 4.90 Å². The van der Waals surface area contributed by atoms with E-state index in [-0.39, 0.29) is 17.1 Å². The van der Waals surface area contributed by atoms with Crippen LogP contribution in [0.3, 0.4) is 0 Å². The minimum atomic E-state index is -4.80. The molecule has 32 heavy (non-hydrogen) atoms. The molecule has 0 spiro atoms. The molecular weight excluding hydrogens is 430 g/mol. The van der Waals surface area contributed by atoms with Crippen molar-refractivity contribution in [3.63, 3.8) is 0 Å². The van der Waals surface area contributed by atoms with E-state index in [0.29, 0.717) is 57.1 Å². The maximum absolute atomic E-state index is 13.8. The van der Waals surface area contributed by atoms with Gasteiger partial charge in [0.1, 0.15) is 5.82 Å². The summed E-state index contributed by atoms with van der Waals surface area (Å²) < 4.78 is 62.9. The van der Waals surface area contributed by atoms with Crippen LogP contribution in [0.5, 0.6) is 0 Å². The lowest BCUT2D eigenvalue weighted by molar-refractivity contribution is -0.140. The summed E-state index contributed by atoms with van der Waals surface area (Å²) in [6, 6.07) is 4.09. The number of nitrogens with zero attached hydrogens (tertiary/aromatic N) is 2. The quantitative estimate of drug-likeness (QED) is 0.484. The van der Waals surface area contributed by atoms with Gasteiger partial charge in [-0.05, 0) is 51.8 Å². The Labute approximate surface area is 183 Å². The predicted octanol–water partition coefficient (Wildman–Crippen LogP) is 5.08. The first-order valence-corrected chi connectivity index (χ1v) is 10.4. The number of hydrogen-bond donors (Lipinski definition) is 1. The van der Waals surface area contributed by atoms with Crippen molar-refractivity contribution in [3.8, 4) is 0 Å². The molecule has 0 saturated carbocycles. The zero-order chi connectivity index (χ0) is 23.5. The molecule has 6 nitrogen and oxygen atoms in total. The highest BCUT2D eigenvalue weighted by molar-refractivity contribution is 5.94. The molecular formula is C22H27F4N3O3. The number of piperidine rings is 1. The Morgan fingerprint density at radius 3 is 2.50 bits per heavy atom. The predicted molar refractivity (Wildman–Crippen MR) is 110 cm³/mol. The Morgan fingerprint density at radius 2 is 1.91 bits per heavy atom. The van der Waals surface area contributed by atoms with Crippen molar-refractivity contribution >= 4 is 11.8 Å². The highest BCUT2D eigenvalue weighted by Crippen LogP contribution is 2.33. The lowest BCUT2D eigenvalue weighted by atomic mass is 9.93. The highest BCUT2D eigenvalue weighted by Gasteiger charge is 2.35. The molecule has 0 unspecified atom stereocenters. The van der Waals surface area contributed by atoms with Gasteiger partial charge in [-0.15, -0.1) is 0 Å². The first kappa shape index (κ1) is 24.0. The standard InChI is InChI=1S/C22H27F4N3O3/c1-21(2,3)31-11-8-27-19-13-18(28-32-19)14-6-9-29(10-7-14)20(30)15-4-5-16(17(23)12-15)22(24,25)26/h4-5,12-14,27H,6-11H2,1-3H3. The second-order valence-corrected chi connectivity index (χ2v) is 8.76. The number of carbonyl (C=O) groups is 1. The van der Waals surface area contributed by atoms with Gasteiger partial charge < -0.3 is 19.5 Å². The number of nitrogens with one attached hydrogen (secondary N) is 1. The number of ether oxygens (including phenoxy) is 1. The van der Waals surface area contributed by atoms with E-state index in [0.717, 1.165) is 11.8 Å². The monoisotopic (exact) mass is 457 g/mol. The average Bonchev–Trinajstić information content (AvgIpc) is 3.18. The summed E-state index contributed by atoms with van der Waals surface area (Å²) in [6.45, 7) is 7.80. The number of benzene rings is 1. The maximum Gasteiger partial charge on any atom is 0.419 e. The van der Waals surface area contributed by atoms with Crippen molar-refractivity contribution in [2.75, 3.05) is 31.6 Å². The van der Waals surface area contributed by atoms with Crippen LogP contribution in [-0.4, -0.2) is 47.8 Å². The summed E-state index contributed by atoms with van der Waals surface area (Å²) in [4.78, 5) is 14.1. The van der Waals surface area contributed by atoms with Gasteiger partial charge in [-0.3, -0.25) is 4.79 Å². The second-order valence-electron chi connectivity index (χ2n) is 8.76. The summed E-state index contributed by atoms with van der Waals surface area (Å²) in [7, 11) is 0. The van der Waals surface area contributed by atoms with Crippen LogP contribution in [0.4, 0.5) is 23.4 Å². The smallest absolute Gasteiger partial charge is 0.374 e. The van der Waals surface area contributed by atoms with Crippen LogP contribution in [0.25, 0.3) is 0 Å². The Bertz CT molecular complexity index is 929. The normalized spacial score (nSPS) is 15.8. The number of hydrogen-bond acceptors (Lipinski definition) is 5. The average molecular weight is 457 g/mol. The van der Waals surface area contributed by atoms with Crippen LogP contribution in [-0.2, 0) is 10.9 Å². The van der Waals surface area contributed by atoms with E-state index in [1.807, 2.05) is 26.8 Å². The zero-order valence-electron chi connectivity index (χ0n) is 18.3. The van der Waals surface area contributed by atoms with Gasteiger partial charge >= 0.3 is 6.18 Å². The molecule has 1 aliphatic heterocycles. The topological polar surface area (TPSA) is 67.6 Å². The molecule has 2 heterocycles. The number of anilines is 1. The van der Waals surface area contributed by atoms with Gasteiger partial charge in [0.15, 0.2) is 0 Å². The number of halogens is 4. The number of aromatic nitrogens is 1. The molecule has 3 rings (SSSR count). The van der Waals surface area contributed by atoms with E-state index in [4.69, 9.17) is 9.26 Å². The van der Waals surface area contributed by atoms with Crippen LogP contribution >= 0.6 is 0 Å². The molecule has 1 saturated heterocycles. The Morgan fingerprint density at radius 1 is 1.22 bits per heavy atom. The SMILES string of the molecule is CC(C)(C)OCCNc1cc(C2CCN(C(=O)c3ccc(C(F)(F)F)c(F)c3)CC2)no1. The van der Waals surface area contributed by atoms with Crippen LogP contribution < -0.4 is 5.32 Å². The molecule has 1 N–H and O–H groups in total. The van der Waals surface area contributed by atoms with Crippen molar-refractivity contribution in [1.82, 2.24) is 10.1 Å². The van der Waals surface area contributed by atoms with Crippen LogP contribution in [0, 0.1) is 5.82 Å². The summed E-state index contributed by atoms with van der Waals surface area (Å²) in [5.74, 6) is -1.31. The molecule has 0 radical (unpaired) electrons. The summed E-state index contributed by atoms with van der Waals surface area (Å²) in [5, 5.41) is 7.21. The number of amides is 1. The first-order valence-electron chi connectivity index (χ1n) is 10.4. The van der Waals surface area contributed by atoms with Gasteiger partial charge in [0.25, 0.3) is 5.91 Å². The lowest BCUT2D eigenvalue weighted by Crippen LogP contribution is -2.38. The number of likely N-dealkylation sites (tertiary alicyclic amines) is 1. The van der Waals surface area contributed by atoms with Crippen molar-refractivity contribution in [2.24, 2.45) is 0 Å². The Kier molecular flexibility index (Phi) is 7.12. The first-order chi connectivity index (χ1) is 14.9. The largest absolute Gasteiger partial charge is 0.419 e. The fourth-order valence-electron chi connectivity index (χ4n) is 3.53. The molecule has 1 aliphatic rings. The molecule has 0 bridgehead atoms. The lowest BCUT2D eigenvalue weighted by Gasteiger charge is -2.31. The molecule has 176 valence electrons. The molecule has 2 aromatic rings. The van der Waals surface area contributed by atoms with Crippen LogP contribution in [0.15, 0.2) is 28.8 Å². The van der Waals surface area contributed by atoms with E-state index >= 15 is 0 Å². The van der Waals surface area contributed by atoms with E-state index in [2.05, 4.69) is 10.5 Å². The molecule has 0 aliphatic carbocycles. The second kappa shape index (κ2) is 9.48. The summed E-state index contributed by atoms with van der Waals surface area (Å²) >= 11 is 0. The van der Waals surface area contributed by atoms with E-state index in [9.17, 15) is 22.4 Å². The van der Waals surface area contributed by atoms with Gasteiger partial charge in [-0.2, -0.15) is 13.2 Å². The third-order valence-corrected chi connectivity index (χ3v) is 5.19. The molecule has 1 aromatic heterocycles. The summed E-state index contributed by atoms with van der Waals surface area (Å²) in [5.41, 5.74) is -0.921. The van der Waals surface area contributed by atoms with Crippen molar-refractivity contribution in [3.05, 3.63) is 46.9 Å². The number of rotatable bonds is 6. The van der Waals surface area contributed by atoms with Crippen molar-refractivity contribution < 1.29 is 31.6 Å². The minimum Gasteiger partial charge on any atom is -0.374 e. The molecule has 1 amide bonds. The Hall–Kier alpha value is -2.62. The molecule has 10 heteroatoms. The van der Waals surface area contributed by atoms with Gasteiger partial charge in [-0.25, -0.2) is 4.39 Å². The van der Waals surface area contributed by atoms with Crippen LogP contribution in [0.1, 0.15) is 61.1 Å². The Balaban J connectivity index is 1.51. The fraction of sp³-hybridized carbons (Fsp3) is 0.545. The van der Waals surface area contributed by atoms with E-state index in [1.54, 1.807) is 0 Å². The van der Waals surface area contributed by atoms with Crippen LogP contribution in [0.2, 0.25) is 0 Å². The molecule has 0 atom stereocenters. The number of alkyl halides is 3. The van der Waals surface area contributed by atoms with E-state index < -0.39 is 23.5 Å².